The number of anilines is 1. The summed E-state index contributed by atoms with van der Waals surface area (Å²) in [6, 6.07) is 6.30. The summed E-state index contributed by atoms with van der Waals surface area (Å²) in [6.45, 7) is 10.3. The van der Waals surface area contributed by atoms with Gasteiger partial charge in [0.05, 0.1) is 6.10 Å². The Morgan fingerprint density at radius 1 is 1.03 bits per heavy atom. The average Bonchev–Trinajstić information content (AvgIpc) is 3.34. The van der Waals surface area contributed by atoms with E-state index in [1.807, 2.05) is 45.0 Å². The van der Waals surface area contributed by atoms with E-state index in [-0.39, 0.29) is 57.3 Å². The molecule has 0 aliphatic carbocycles. The summed E-state index contributed by atoms with van der Waals surface area (Å²) in [5.74, 6) is -0.557. The normalized spacial score (nSPS) is 23.6. The lowest BCUT2D eigenvalue weighted by molar-refractivity contribution is -0.140. The van der Waals surface area contributed by atoms with E-state index in [1.165, 1.54) is 0 Å². The first-order valence-electron chi connectivity index (χ1n) is 11.4. The summed E-state index contributed by atoms with van der Waals surface area (Å²) in [5, 5.41) is 2.95. The second-order valence-corrected chi connectivity index (χ2v) is 10.2. The smallest absolute Gasteiger partial charge is 0.251 e. The third kappa shape index (κ3) is 5.90. The van der Waals surface area contributed by atoms with Crippen LogP contribution in [0.3, 0.4) is 0 Å². The van der Waals surface area contributed by atoms with Crippen molar-refractivity contribution in [2.75, 3.05) is 51.3 Å². The molecule has 0 bridgehead atoms. The van der Waals surface area contributed by atoms with Crippen molar-refractivity contribution >= 4 is 50.3 Å². The summed E-state index contributed by atoms with van der Waals surface area (Å²) >= 11 is 0. The Morgan fingerprint density at radius 2 is 1.65 bits per heavy atom. The van der Waals surface area contributed by atoms with Crippen LogP contribution in [0.1, 0.15) is 37.6 Å². The summed E-state index contributed by atoms with van der Waals surface area (Å²) in [5.41, 5.74) is 1.11. The van der Waals surface area contributed by atoms with Crippen molar-refractivity contribution < 1.29 is 19.1 Å². The molecule has 1 aromatic carbocycles. The van der Waals surface area contributed by atoms with Gasteiger partial charge in [0.2, 0.25) is 5.91 Å². The van der Waals surface area contributed by atoms with E-state index in [0.717, 1.165) is 31.9 Å². The van der Waals surface area contributed by atoms with Crippen LogP contribution in [0.15, 0.2) is 24.3 Å². The standard InChI is InChI=1S/C24H34N4O4.2H2S/c1-24(2,3)21(23(31)28-10-9-19-20(28)18(29)15-32-19)25-22(30)16-5-7-17(8-6-16)27-13-11-26(4)12-14-27;;/h5-8,19-21H,9-15H2,1-4H3,(H,25,30);2*1H2/t19-,20-,21-;;/m1../s1. The minimum absolute atomic E-state index is 0. The maximum absolute atomic E-state index is 13.4. The van der Waals surface area contributed by atoms with Crippen LogP contribution in [-0.2, 0) is 14.3 Å². The molecule has 3 aliphatic heterocycles. The van der Waals surface area contributed by atoms with Gasteiger partial charge in [-0.3, -0.25) is 14.4 Å². The lowest BCUT2D eigenvalue weighted by Gasteiger charge is -2.35. The van der Waals surface area contributed by atoms with Gasteiger partial charge >= 0.3 is 0 Å². The maximum Gasteiger partial charge on any atom is 0.251 e. The fourth-order valence-electron chi connectivity index (χ4n) is 4.76. The third-order valence-electron chi connectivity index (χ3n) is 6.78. The van der Waals surface area contributed by atoms with Crippen LogP contribution in [0.25, 0.3) is 0 Å². The Balaban J connectivity index is 0.00000204. The number of amides is 2. The fourth-order valence-corrected chi connectivity index (χ4v) is 4.76. The number of ketones is 1. The van der Waals surface area contributed by atoms with E-state index in [4.69, 9.17) is 4.74 Å². The molecule has 3 saturated heterocycles. The number of likely N-dealkylation sites (N-methyl/N-ethyl adjacent to an activating group) is 1. The molecule has 3 fully saturated rings. The highest BCUT2D eigenvalue weighted by atomic mass is 32.1. The SMILES string of the molecule is CN1CCN(c2ccc(C(=O)N[C@H](C(=O)N3CC[C@H]4OCC(=O)[C@H]43)C(C)(C)C)cc2)CC1.S.S. The number of carbonyl (C=O) groups is 3. The Kier molecular flexibility index (Phi) is 9.49. The molecule has 190 valence electrons. The van der Waals surface area contributed by atoms with Crippen LogP contribution in [-0.4, -0.2) is 92.0 Å². The third-order valence-corrected chi connectivity index (χ3v) is 6.78. The zero-order valence-electron chi connectivity index (χ0n) is 20.5. The van der Waals surface area contributed by atoms with E-state index in [1.54, 1.807) is 4.90 Å². The largest absolute Gasteiger partial charge is 0.369 e. The van der Waals surface area contributed by atoms with Gasteiger partial charge < -0.3 is 24.8 Å². The second-order valence-electron chi connectivity index (χ2n) is 10.2. The minimum atomic E-state index is -0.737. The number of rotatable bonds is 4. The van der Waals surface area contributed by atoms with E-state index in [0.29, 0.717) is 18.5 Å². The van der Waals surface area contributed by atoms with Gasteiger partial charge in [0, 0.05) is 44.0 Å². The predicted octanol–water partition coefficient (Wildman–Crippen LogP) is 1.38. The van der Waals surface area contributed by atoms with Crippen LogP contribution in [0.5, 0.6) is 0 Å². The number of hydrogen-bond donors (Lipinski definition) is 1. The predicted molar refractivity (Wildman–Crippen MR) is 142 cm³/mol. The minimum Gasteiger partial charge on any atom is -0.369 e. The van der Waals surface area contributed by atoms with E-state index >= 15 is 0 Å². The average molecular weight is 511 g/mol. The van der Waals surface area contributed by atoms with Crippen molar-refractivity contribution in [2.45, 2.75) is 45.4 Å². The molecule has 10 heteroatoms. The van der Waals surface area contributed by atoms with Gasteiger partial charge in [0.1, 0.15) is 18.7 Å². The zero-order valence-corrected chi connectivity index (χ0v) is 22.5. The highest BCUT2D eigenvalue weighted by Crippen LogP contribution is 2.30. The number of hydrogen-bond acceptors (Lipinski definition) is 6. The van der Waals surface area contributed by atoms with Crippen molar-refractivity contribution in [1.29, 1.82) is 0 Å². The van der Waals surface area contributed by atoms with Crippen molar-refractivity contribution in [1.82, 2.24) is 15.1 Å². The van der Waals surface area contributed by atoms with Gasteiger partial charge in [-0.05, 0) is 43.1 Å². The Hall–Kier alpha value is -1.75. The zero-order chi connectivity index (χ0) is 23.0. The molecule has 1 N–H and O–H groups in total. The van der Waals surface area contributed by atoms with Crippen molar-refractivity contribution in [2.24, 2.45) is 5.41 Å². The van der Waals surface area contributed by atoms with Crippen molar-refractivity contribution in [3.8, 4) is 0 Å². The molecule has 4 rings (SSSR count). The Labute approximate surface area is 216 Å². The number of benzene rings is 1. The quantitative estimate of drug-likeness (QED) is 0.659. The van der Waals surface area contributed by atoms with Crippen molar-refractivity contribution in [3.63, 3.8) is 0 Å². The number of piperazine rings is 1. The van der Waals surface area contributed by atoms with Gasteiger partial charge in [0.15, 0.2) is 5.78 Å². The molecule has 0 unspecified atom stereocenters. The first kappa shape index (κ1) is 28.5. The molecule has 3 aliphatic rings. The molecule has 0 aromatic heterocycles. The van der Waals surface area contributed by atoms with Crippen LogP contribution >= 0.6 is 27.0 Å². The van der Waals surface area contributed by atoms with E-state index in [9.17, 15) is 14.4 Å². The lowest BCUT2D eigenvalue weighted by Crippen LogP contribution is -2.57. The van der Waals surface area contributed by atoms with Gasteiger partial charge in [0.25, 0.3) is 5.91 Å². The molecule has 0 saturated carbocycles. The summed E-state index contributed by atoms with van der Waals surface area (Å²) in [6.07, 6.45) is 0.436. The topological polar surface area (TPSA) is 82.2 Å². The fraction of sp³-hybridized carbons (Fsp3) is 0.625. The Bertz CT molecular complexity index is 882. The van der Waals surface area contributed by atoms with Crippen molar-refractivity contribution in [3.05, 3.63) is 29.8 Å². The molecule has 8 nitrogen and oxygen atoms in total. The number of carbonyl (C=O) groups excluding carboxylic acids is 3. The summed E-state index contributed by atoms with van der Waals surface area (Å²) in [7, 11) is 2.12. The number of nitrogens with zero attached hydrogens (tertiary/aromatic N) is 3. The molecular weight excluding hydrogens is 472 g/mol. The summed E-state index contributed by atoms with van der Waals surface area (Å²) < 4.78 is 5.51. The van der Waals surface area contributed by atoms with Crippen LogP contribution in [0.2, 0.25) is 0 Å². The first-order chi connectivity index (χ1) is 15.1. The number of nitrogens with one attached hydrogen (secondary N) is 1. The monoisotopic (exact) mass is 510 g/mol. The van der Waals surface area contributed by atoms with Crippen LogP contribution in [0.4, 0.5) is 5.69 Å². The molecule has 0 radical (unpaired) electrons. The van der Waals surface area contributed by atoms with Crippen LogP contribution in [0, 0.1) is 5.41 Å². The molecule has 2 amide bonds. The highest BCUT2D eigenvalue weighted by molar-refractivity contribution is 7.59. The second kappa shape index (κ2) is 11.3. The number of likely N-dealkylation sites (tertiary alicyclic amines) is 1. The molecule has 3 atom stereocenters. The number of ether oxygens (including phenoxy) is 1. The van der Waals surface area contributed by atoms with E-state index < -0.39 is 17.5 Å². The summed E-state index contributed by atoms with van der Waals surface area (Å²) in [4.78, 5) is 44.9. The first-order valence-corrected chi connectivity index (χ1v) is 11.4. The van der Waals surface area contributed by atoms with Crippen LogP contribution < -0.4 is 10.2 Å². The van der Waals surface area contributed by atoms with Gasteiger partial charge in [-0.15, -0.1) is 0 Å². The lowest BCUT2D eigenvalue weighted by atomic mass is 9.85. The molecular formula is C24H38N4O4S2. The number of fused-ring (bicyclic) bond motifs is 1. The Morgan fingerprint density at radius 3 is 2.24 bits per heavy atom. The maximum atomic E-state index is 13.4. The molecule has 0 spiro atoms. The van der Waals surface area contributed by atoms with E-state index in [2.05, 4.69) is 22.2 Å². The number of Topliss-reactive ketones (excluding diaryl/α,β-unsaturated/α-hetero) is 1. The van der Waals surface area contributed by atoms with Gasteiger partial charge in [-0.1, -0.05) is 20.8 Å². The van der Waals surface area contributed by atoms with Gasteiger partial charge in [-0.25, -0.2) is 0 Å². The van der Waals surface area contributed by atoms with Gasteiger partial charge in [-0.2, -0.15) is 27.0 Å². The highest BCUT2D eigenvalue weighted by Gasteiger charge is 2.49. The molecule has 3 heterocycles. The molecule has 34 heavy (non-hydrogen) atoms. The molecule has 1 aromatic rings.